The number of nitro groups is 1. The van der Waals surface area contributed by atoms with E-state index in [4.69, 9.17) is 13.9 Å². The summed E-state index contributed by atoms with van der Waals surface area (Å²) in [5.74, 6) is -0.181. The van der Waals surface area contributed by atoms with Crippen LogP contribution in [0.5, 0.6) is 11.5 Å². The first-order valence-electron chi connectivity index (χ1n) is 8.97. The Hall–Kier alpha value is -3.99. The van der Waals surface area contributed by atoms with Crippen molar-refractivity contribution in [3.05, 3.63) is 70.2 Å². The number of carbonyl (C=O) groups is 1. The average Bonchev–Trinajstić information content (AvgIpc) is 3.43. The smallest absolute Gasteiger partial charge is 0.433 e. The van der Waals surface area contributed by atoms with Crippen LogP contribution in [-0.4, -0.2) is 35.0 Å². The second kappa shape index (κ2) is 8.40. The molecule has 3 aromatic heterocycles. The Morgan fingerprint density at radius 2 is 2.00 bits per heavy atom. The van der Waals surface area contributed by atoms with Gasteiger partial charge in [0.1, 0.15) is 4.92 Å². The minimum absolute atomic E-state index is 0.148. The number of nitrogens with zero attached hydrogens (tertiary/aromatic N) is 4. The molecule has 0 unspecified atom stereocenters. The fourth-order valence-electron chi connectivity index (χ4n) is 2.93. The number of aromatic nitrogens is 2. The molecule has 0 saturated carbocycles. The molecule has 4 rings (SSSR count). The molecule has 0 saturated heterocycles. The molecule has 0 aliphatic rings. The maximum atomic E-state index is 13.2. The fraction of sp³-hybridized carbons (Fsp3) is 0.150. The summed E-state index contributed by atoms with van der Waals surface area (Å²) in [6.45, 7) is 0.148. The molecule has 0 bridgehead atoms. The molecule has 0 radical (unpaired) electrons. The summed E-state index contributed by atoms with van der Waals surface area (Å²) in [5.41, 5.74) is 1.37. The Bertz CT molecular complexity index is 1210. The summed E-state index contributed by atoms with van der Waals surface area (Å²) in [4.78, 5) is 33.5. The zero-order valence-corrected chi connectivity index (χ0v) is 17.3. The predicted molar refractivity (Wildman–Crippen MR) is 113 cm³/mol. The molecule has 4 aromatic rings. The van der Waals surface area contributed by atoms with Gasteiger partial charge in [-0.3, -0.25) is 24.8 Å². The van der Waals surface area contributed by atoms with E-state index >= 15 is 0 Å². The average molecular weight is 440 g/mol. The highest BCUT2D eigenvalue weighted by Crippen LogP contribution is 2.38. The van der Waals surface area contributed by atoms with Crippen molar-refractivity contribution in [3.8, 4) is 11.5 Å². The van der Waals surface area contributed by atoms with Gasteiger partial charge in [-0.25, -0.2) is 4.98 Å². The number of hydrogen-bond donors (Lipinski definition) is 0. The lowest BCUT2D eigenvalue weighted by Gasteiger charge is -2.18. The number of ether oxygens (including phenoxy) is 2. The molecule has 1 amide bonds. The number of hydrogen-bond acceptors (Lipinski definition) is 9. The monoisotopic (exact) mass is 440 g/mol. The van der Waals surface area contributed by atoms with Gasteiger partial charge >= 0.3 is 5.88 Å². The van der Waals surface area contributed by atoms with Gasteiger partial charge in [0.2, 0.25) is 0 Å². The SMILES string of the molecule is COc1cc2nc(N(Cc3cccnc3)C(=O)c3ccc([N+](=O)[O-])o3)sc2cc1OC. The Morgan fingerprint density at radius 3 is 2.65 bits per heavy atom. The van der Waals surface area contributed by atoms with Crippen molar-refractivity contribution in [2.24, 2.45) is 0 Å². The quantitative estimate of drug-likeness (QED) is 0.312. The van der Waals surface area contributed by atoms with Crippen LogP contribution in [0.4, 0.5) is 11.0 Å². The van der Waals surface area contributed by atoms with Crippen LogP contribution < -0.4 is 14.4 Å². The lowest BCUT2D eigenvalue weighted by atomic mass is 10.2. The van der Waals surface area contributed by atoms with E-state index in [1.54, 1.807) is 30.6 Å². The molecule has 158 valence electrons. The Labute approximate surface area is 179 Å². The first-order valence-corrected chi connectivity index (χ1v) is 9.79. The molecular weight excluding hydrogens is 424 g/mol. The number of amides is 1. The van der Waals surface area contributed by atoms with Gasteiger partial charge in [0.05, 0.1) is 37.0 Å². The van der Waals surface area contributed by atoms with Crippen molar-refractivity contribution in [2.45, 2.75) is 6.54 Å². The number of furan rings is 1. The minimum Gasteiger partial charge on any atom is -0.493 e. The summed E-state index contributed by atoms with van der Waals surface area (Å²) in [7, 11) is 3.06. The predicted octanol–water partition coefficient (Wildman–Crippen LogP) is 4.06. The first-order chi connectivity index (χ1) is 15.0. The van der Waals surface area contributed by atoms with Crippen LogP contribution in [0.3, 0.4) is 0 Å². The number of benzene rings is 1. The molecule has 0 spiro atoms. The second-order valence-electron chi connectivity index (χ2n) is 6.32. The number of pyridine rings is 1. The number of anilines is 1. The van der Waals surface area contributed by atoms with E-state index in [1.807, 2.05) is 6.07 Å². The lowest BCUT2D eigenvalue weighted by molar-refractivity contribution is -0.402. The van der Waals surface area contributed by atoms with Gasteiger partial charge in [0.25, 0.3) is 5.91 Å². The van der Waals surface area contributed by atoms with Crippen LogP contribution >= 0.6 is 11.3 Å². The third-order valence-electron chi connectivity index (χ3n) is 4.40. The molecule has 0 fully saturated rings. The Balaban J connectivity index is 1.77. The van der Waals surface area contributed by atoms with Crippen molar-refractivity contribution in [3.63, 3.8) is 0 Å². The molecule has 0 aliphatic heterocycles. The molecule has 3 heterocycles. The van der Waals surface area contributed by atoms with Crippen LogP contribution in [0.1, 0.15) is 16.1 Å². The molecule has 31 heavy (non-hydrogen) atoms. The van der Waals surface area contributed by atoms with Crippen LogP contribution in [0.25, 0.3) is 10.2 Å². The third-order valence-corrected chi connectivity index (χ3v) is 5.45. The van der Waals surface area contributed by atoms with E-state index < -0.39 is 16.7 Å². The Kier molecular flexibility index (Phi) is 5.50. The molecule has 10 nitrogen and oxygen atoms in total. The lowest BCUT2D eigenvalue weighted by Crippen LogP contribution is -2.30. The fourth-order valence-corrected chi connectivity index (χ4v) is 3.91. The third kappa shape index (κ3) is 4.03. The van der Waals surface area contributed by atoms with Crippen molar-refractivity contribution in [2.75, 3.05) is 19.1 Å². The van der Waals surface area contributed by atoms with Gasteiger partial charge in [0, 0.05) is 24.5 Å². The van der Waals surface area contributed by atoms with E-state index in [1.165, 1.54) is 36.5 Å². The number of thiazole rings is 1. The van der Waals surface area contributed by atoms with Crippen molar-refractivity contribution >= 4 is 38.5 Å². The summed E-state index contributed by atoms with van der Waals surface area (Å²) in [6, 6.07) is 9.49. The first kappa shape index (κ1) is 20.3. The zero-order valence-electron chi connectivity index (χ0n) is 16.5. The molecule has 1 aromatic carbocycles. The second-order valence-corrected chi connectivity index (χ2v) is 7.33. The molecular formula is C20H16N4O6S. The van der Waals surface area contributed by atoms with Gasteiger partial charge in [-0.1, -0.05) is 17.4 Å². The number of carbonyl (C=O) groups excluding carboxylic acids is 1. The van der Waals surface area contributed by atoms with E-state index in [-0.39, 0.29) is 12.3 Å². The van der Waals surface area contributed by atoms with Crippen LogP contribution in [0.15, 0.2) is 53.2 Å². The van der Waals surface area contributed by atoms with Gasteiger partial charge in [-0.15, -0.1) is 0 Å². The molecule has 0 N–H and O–H groups in total. The summed E-state index contributed by atoms with van der Waals surface area (Å²) < 4.78 is 16.6. The maximum Gasteiger partial charge on any atom is 0.433 e. The topological polar surface area (TPSA) is 121 Å². The van der Waals surface area contributed by atoms with Crippen LogP contribution in [-0.2, 0) is 6.54 Å². The number of fused-ring (bicyclic) bond motifs is 1. The van der Waals surface area contributed by atoms with Crippen LogP contribution in [0, 0.1) is 10.1 Å². The van der Waals surface area contributed by atoms with E-state index in [2.05, 4.69) is 9.97 Å². The molecule has 0 atom stereocenters. The highest BCUT2D eigenvalue weighted by atomic mass is 32.1. The van der Waals surface area contributed by atoms with E-state index in [0.29, 0.717) is 22.1 Å². The summed E-state index contributed by atoms with van der Waals surface area (Å²) in [5, 5.41) is 11.3. The van der Waals surface area contributed by atoms with E-state index in [9.17, 15) is 14.9 Å². The van der Waals surface area contributed by atoms with Gasteiger partial charge in [-0.2, -0.15) is 0 Å². The number of rotatable bonds is 7. The van der Waals surface area contributed by atoms with Gasteiger partial charge < -0.3 is 13.9 Å². The maximum absolute atomic E-state index is 13.2. The highest BCUT2D eigenvalue weighted by Gasteiger charge is 2.27. The van der Waals surface area contributed by atoms with Gasteiger partial charge in [0.15, 0.2) is 22.4 Å². The van der Waals surface area contributed by atoms with E-state index in [0.717, 1.165) is 16.3 Å². The summed E-state index contributed by atoms with van der Waals surface area (Å²) in [6.07, 6.45) is 3.26. The zero-order chi connectivity index (χ0) is 22.0. The van der Waals surface area contributed by atoms with Crippen molar-refractivity contribution < 1.29 is 23.6 Å². The number of methoxy groups -OCH3 is 2. The normalized spacial score (nSPS) is 10.8. The van der Waals surface area contributed by atoms with Crippen molar-refractivity contribution in [1.82, 2.24) is 9.97 Å². The highest BCUT2D eigenvalue weighted by molar-refractivity contribution is 7.22. The standard InChI is InChI=1S/C20H16N4O6S/c1-28-15-8-13-17(9-16(15)29-2)31-20(22-13)23(11-12-4-3-7-21-10-12)19(25)14-5-6-18(30-14)24(26)27/h3-10H,11H2,1-2H3. The van der Waals surface area contributed by atoms with Crippen molar-refractivity contribution in [1.29, 1.82) is 0 Å². The summed E-state index contributed by atoms with van der Waals surface area (Å²) >= 11 is 1.27. The molecule has 0 aliphatic carbocycles. The Morgan fingerprint density at radius 1 is 1.23 bits per heavy atom. The van der Waals surface area contributed by atoms with Gasteiger partial charge in [-0.05, 0) is 17.7 Å². The molecule has 11 heteroatoms. The minimum atomic E-state index is -0.696. The largest absolute Gasteiger partial charge is 0.493 e. The van der Waals surface area contributed by atoms with Crippen LogP contribution in [0.2, 0.25) is 0 Å².